The summed E-state index contributed by atoms with van der Waals surface area (Å²) in [6.45, 7) is 2.12. The van der Waals surface area contributed by atoms with Crippen LogP contribution >= 0.6 is 0 Å². The number of hydrogen-bond donors (Lipinski definition) is 0. The molecule has 0 aliphatic carbocycles. The summed E-state index contributed by atoms with van der Waals surface area (Å²) in [7, 11) is 1.67. The topological polar surface area (TPSA) is 51.7 Å². The van der Waals surface area contributed by atoms with Crippen molar-refractivity contribution in [3.05, 3.63) is 59.9 Å². The minimum absolute atomic E-state index is 0.281. The highest BCUT2D eigenvalue weighted by Crippen LogP contribution is 2.39. The van der Waals surface area contributed by atoms with E-state index >= 15 is 0 Å². The van der Waals surface area contributed by atoms with Crippen molar-refractivity contribution in [2.75, 3.05) is 26.9 Å². The molecule has 2 aliphatic rings. The van der Waals surface area contributed by atoms with Crippen LogP contribution in [-0.2, 0) is 21.4 Å². The third-order valence-electron chi connectivity index (χ3n) is 6.55. The lowest BCUT2D eigenvalue weighted by molar-refractivity contribution is -0.142. The van der Waals surface area contributed by atoms with Crippen molar-refractivity contribution in [2.45, 2.75) is 50.0 Å². The van der Waals surface area contributed by atoms with Gasteiger partial charge in [0.2, 0.25) is 5.91 Å². The number of likely N-dealkylation sites (tertiary alicyclic amines) is 1. The first-order valence-corrected chi connectivity index (χ1v) is 10.7. The maximum absolute atomic E-state index is 13.9. The third kappa shape index (κ3) is 4.15. The molecule has 0 radical (unpaired) electrons. The SMILES string of the molecule is COc1ccc(C2(C(=O)N3CCC[C@@H]3CCc3ccncc3)CCOCC2)cc1. The molecule has 2 saturated heterocycles. The van der Waals surface area contributed by atoms with E-state index in [4.69, 9.17) is 9.47 Å². The molecule has 2 aliphatic heterocycles. The Bertz CT molecular complexity index is 801. The van der Waals surface area contributed by atoms with Crippen molar-refractivity contribution in [3.8, 4) is 5.75 Å². The van der Waals surface area contributed by atoms with Crippen LogP contribution in [0, 0.1) is 0 Å². The van der Waals surface area contributed by atoms with Crippen LogP contribution in [0.3, 0.4) is 0 Å². The molecule has 1 atom stereocenters. The summed E-state index contributed by atoms with van der Waals surface area (Å²) >= 11 is 0. The van der Waals surface area contributed by atoms with Gasteiger partial charge in [0.15, 0.2) is 0 Å². The molecule has 1 aromatic carbocycles. The third-order valence-corrected chi connectivity index (χ3v) is 6.55. The van der Waals surface area contributed by atoms with Crippen LogP contribution in [0.5, 0.6) is 5.75 Å². The largest absolute Gasteiger partial charge is 0.497 e. The molecule has 154 valence electrons. The zero-order valence-electron chi connectivity index (χ0n) is 17.2. The van der Waals surface area contributed by atoms with E-state index < -0.39 is 5.41 Å². The van der Waals surface area contributed by atoms with E-state index in [0.29, 0.717) is 19.3 Å². The lowest BCUT2D eigenvalue weighted by Crippen LogP contribution is -2.51. The zero-order chi connectivity index (χ0) is 20.1. The number of carbonyl (C=O) groups excluding carboxylic acids is 1. The average molecular weight is 395 g/mol. The van der Waals surface area contributed by atoms with Gasteiger partial charge in [0, 0.05) is 38.2 Å². The molecule has 1 aromatic heterocycles. The van der Waals surface area contributed by atoms with Gasteiger partial charge in [-0.05, 0) is 73.9 Å². The molecule has 0 N–H and O–H groups in total. The van der Waals surface area contributed by atoms with Gasteiger partial charge in [0.05, 0.1) is 12.5 Å². The minimum Gasteiger partial charge on any atom is -0.497 e. The van der Waals surface area contributed by atoms with Crippen LogP contribution in [0.15, 0.2) is 48.8 Å². The fourth-order valence-electron chi connectivity index (χ4n) is 4.82. The quantitative estimate of drug-likeness (QED) is 0.749. The highest BCUT2D eigenvalue weighted by atomic mass is 16.5. The molecule has 0 unspecified atom stereocenters. The maximum Gasteiger partial charge on any atom is 0.233 e. The summed E-state index contributed by atoms with van der Waals surface area (Å²) in [5, 5.41) is 0. The van der Waals surface area contributed by atoms with Crippen LogP contribution in [0.25, 0.3) is 0 Å². The Labute approximate surface area is 173 Å². The van der Waals surface area contributed by atoms with Gasteiger partial charge in [-0.1, -0.05) is 12.1 Å². The van der Waals surface area contributed by atoms with Crippen molar-refractivity contribution in [1.82, 2.24) is 9.88 Å². The van der Waals surface area contributed by atoms with Crippen molar-refractivity contribution >= 4 is 5.91 Å². The molecule has 3 heterocycles. The van der Waals surface area contributed by atoms with Gasteiger partial charge in [-0.25, -0.2) is 0 Å². The van der Waals surface area contributed by atoms with Crippen molar-refractivity contribution in [1.29, 1.82) is 0 Å². The van der Waals surface area contributed by atoms with E-state index in [1.54, 1.807) is 7.11 Å². The number of pyridine rings is 1. The summed E-state index contributed by atoms with van der Waals surface area (Å²) in [5.41, 5.74) is 1.89. The first-order valence-electron chi connectivity index (χ1n) is 10.7. The molecule has 5 heteroatoms. The average Bonchev–Trinajstić information content (AvgIpc) is 3.27. The number of nitrogens with zero attached hydrogens (tertiary/aromatic N) is 2. The molecular weight excluding hydrogens is 364 g/mol. The van der Waals surface area contributed by atoms with E-state index in [1.165, 1.54) is 5.56 Å². The number of carbonyl (C=O) groups is 1. The first-order chi connectivity index (χ1) is 14.2. The minimum atomic E-state index is -0.482. The smallest absolute Gasteiger partial charge is 0.233 e. The molecule has 4 rings (SSSR count). The second kappa shape index (κ2) is 8.95. The molecule has 0 bridgehead atoms. The van der Waals surface area contributed by atoms with Gasteiger partial charge in [0.1, 0.15) is 5.75 Å². The Morgan fingerprint density at radius 3 is 2.59 bits per heavy atom. The van der Waals surface area contributed by atoms with Gasteiger partial charge in [0.25, 0.3) is 0 Å². The molecule has 0 saturated carbocycles. The summed E-state index contributed by atoms with van der Waals surface area (Å²) in [6, 6.07) is 12.5. The Kier molecular flexibility index (Phi) is 6.14. The van der Waals surface area contributed by atoms with Gasteiger partial charge < -0.3 is 14.4 Å². The van der Waals surface area contributed by atoms with E-state index in [9.17, 15) is 4.79 Å². The molecule has 1 amide bonds. The highest BCUT2D eigenvalue weighted by molar-refractivity contribution is 5.89. The Hall–Kier alpha value is -2.40. The lowest BCUT2D eigenvalue weighted by atomic mass is 9.72. The first kappa shape index (κ1) is 19.9. The Morgan fingerprint density at radius 2 is 1.90 bits per heavy atom. The lowest BCUT2D eigenvalue weighted by Gasteiger charge is -2.41. The van der Waals surface area contributed by atoms with Gasteiger partial charge >= 0.3 is 0 Å². The fraction of sp³-hybridized carbons (Fsp3) is 0.500. The number of hydrogen-bond acceptors (Lipinski definition) is 4. The van der Waals surface area contributed by atoms with Crippen LogP contribution in [0.4, 0.5) is 0 Å². The number of aryl methyl sites for hydroxylation is 1. The van der Waals surface area contributed by atoms with E-state index in [-0.39, 0.29) is 5.91 Å². The number of aromatic nitrogens is 1. The fourth-order valence-corrected chi connectivity index (χ4v) is 4.82. The molecular formula is C24H30N2O3. The van der Waals surface area contributed by atoms with Gasteiger partial charge in [-0.2, -0.15) is 0 Å². The molecule has 5 nitrogen and oxygen atoms in total. The molecule has 0 spiro atoms. The molecule has 2 fully saturated rings. The second-order valence-corrected chi connectivity index (χ2v) is 8.11. The molecule has 2 aromatic rings. The number of ether oxygens (including phenoxy) is 2. The Balaban J connectivity index is 1.54. The molecule has 29 heavy (non-hydrogen) atoms. The van der Waals surface area contributed by atoms with Crippen molar-refractivity contribution in [2.24, 2.45) is 0 Å². The van der Waals surface area contributed by atoms with Gasteiger partial charge in [-0.15, -0.1) is 0 Å². The second-order valence-electron chi connectivity index (χ2n) is 8.11. The van der Waals surface area contributed by atoms with Gasteiger partial charge in [-0.3, -0.25) is 9.78 Å². The maximum atomic E-state index is 13.9. The van der Waals surface area contributed by atoms with E-state index in [0.717, 1.165) is 56.4 Å². The summed E-state index contributed by atoms with van der Waals surface area (Å²) in [5.74, 6) is 1.10. The van der Waals surface area contributed by atoms with Crippen LogP contribution in [0.2, 0.25) is 0 Å². The summed E-state index contributed by atoms with van der Waals surface area (Å²) < 4.78 is 11.0. The van der Waals surface area contributed by atoms with Crippen molar-refractivity contribution < 1.29 is 14.3 Å². The highest BCUT2D eigenvalue weighted by Gasteiger charge is 2.46. The monoisotopic (exact) mass is 394 g/mol. The van der Waals surface area contributed by atoms with E-state index in [2.05, 4.69) is 34.1 Å². The number of amides is 1. The van der Waals surface area contributed by atoms with E-state index in [1.807, 2.05) is 24.5 Å². The summed E-state index contributed by atoms with van der Waals surface area (Å²) in [6.07, 6.45) is 9.33. The summed E-state index contributed by atoms with van der Waals surface area (Å²) in [4.78, 5) is 20.2. The number of rotatable bonds is 6. The standard InChI is InChI=1S/C24H30N2O3/c1-28-22-8-5-20(6-9-22)24(12-17-29-18-13-24)23(27)26-16-2-3-21(26)7-4-19-10-14-25-15-11-19/h5-6,8-11,14-15,21H,2-4,7,12-13,16-18H2,1H3/t21-/m1/s1. The van der Waals surface area contributed by atoms with Crippen LogP contribution in [-0.4, -0.2) is 48.7 Å². The normalized spacial score (nSPS) is 21.1. The predicted octanol–water partition coefficient (Wildman–Crippen LogP) is 3.76. The van der Waals surface area contributed by atoms with Crippen molar-refractivity contribution in [3.63, 3.8) is 0 Å². The van der Waals surface area contributed by atoms with Crippen LogP contribution < -0.4 is 4.74 Å². The number of benzene rings is 1. The number of methoxy groups -OCH3 is 1. The zero-order valence-corrected chi connectivity index (χ0v) is 17.2. The Morgan fingerprint density at radius 1 is 1.17 bits per heavy atom. The predicted molar refractivity (Wildman–Crippen MR) is 112 cm³/mol. The van der Waals surface area contributed by atoms with Crippen LogP contribution in [0.1, 0.15) is 43.2 Å².